The van der Waals surface area contributed by atoms with E-state index in [4.69, 9.17) is 4.42 Å². The second kappa shape index (κ2) is 13.4. The van der Waals surface area contributed by atoms with E-state index in [-0.39, 0.29) is 0 Å². The Morgan fingerprint density at radius 2 is 0.722 bits per heavy atom. The Kier molecular flexibility index (Phi) is 7.85. The lowest BCUT2D eigenvalue weighted by Gasteiger charge is -2.26. The minimum Gasteiger partial charge on any atom is -0.455 e. The molecular formula is C52H35NO. The van der Waals surface area contributed by atoms with Crippen molar-refractivity contribution in [2.75, 3.05) is 4.90 Å². The fourth-order valence-electron chi connectivity index (χ4n) is 7.85. The van der Waals surface area contributed by atoms with Gasteiger partial charge in [-0.15, -0.1) is 0 Å². The second-order valence-corrected chi connectivity index (χ2v) is 13.7. The molecule has 0 atom stereocenters. The molecule has 0 amide bonds. The number of nitrogens with zero attached hydrogens (tertiary/aromatic N) is 1. The van der Waals surface area contributed by atoms with E-state index in [2.05, 4.69) is 217 Å². The Hall–Kier alpha value is -7.16. The van der Waals surface area contributed by atoms with Crippen LogP contribution in [0.15, 0.2) is 217 Å². The van der Waals surface area contributed by atoms with Gasteiger partial charge in [-0.1, -0.05) is 170 Å². The quantitative estimate of drug-likeness (QED) is 0.166. The molecule has 10 rings (SSSR count). The van der Waals surface area contributed by atoms with Gasteiger partial charge in [0.1, 0.15) is 11.2 Å². The van der Waals surface area contributed by atoms with E-state index < -0.39 is 0 Å². The molecule has 0 fully saturated rings. The first kappa shape index (κ1) is 31.6. The number of hydrogen-bond donors (Lipinski definition) is 0. The highest BCUT2D eigenvalue weighted by molar-refractivity contribution is 6.14. The molecule has 1 aromatic heterocycles. The van der Waals surface area contributed by atoms with E-state index in [1.165, 1.54) is 27.5 Å². The van der Waals surface area contributed by atoms with Gasteiger partial charge in [-0.3, -0.25) is 0 Å². The average Bonchev–Trinajstić information content (AvgIpc) is 3.64. The van der Waals surface area contributed by atoms with Crippen LogP contribution in [-0.2, 0) is 0 Å². The molecule has 2 heteroatoms. The standard InChI is InChI=1S/C52H35NO/c1-3-13-36(14-4-1)37-27-31-43(32-28-37)53(42-19-5-2-6-20-42)44-33-29-38(30-34-44)40-17-9-18-41(35-40)46-22-11-25-49-50-26-12-24-48(52(50)54-51(46)49)47-23-10-16-39-15-7-8-21-45(39)47/h1-35H. The molecule has 0 spiro atoms. The van der Waals surface area contributed by atoms with Crippen molar-refractivity contribution in [1.29, 1.82) is 0 Å². The molecular weight excluding hydrogens is 655 g/mol. The van der Waals surface area contributed by atoms with Crippen molar-refractivity contribution < 1.29 is 4.42 Å². The highest BCUT2D eigenvalue weighted by atomic mass is 16.3. The SMILES string of the molecule is c1ccc(-c2ccc(N(c3ccccc3)c3ccc(-c4cccc(-c5cccc6c5oc5c(-c7cccc8ccccc78)cccc56)c4)cc3)cc2)cc1. The Bertz CT molecular complexity index is 2900. The Morgan fingerprint density at radius 3 is 1.44 bits per heavy atom. The lowest BCUT2D eigenvalue weighted by molar-refractivity contribution is 0.671. The molecule has 0 radical (unpaired) electrons. The summed E-state index contributed by atoms with van der Waals surface area (Å²) in [6, 6.07) is 75.6. The van der Waals surface area contributed by atoms with Gasteiger partial charge >= 0.3 is 0 Å². The maximum absolute atomic E-state index is 6.87. The van der Waals surface area contributed by atoms with Gasteiger partial charge in [0.2, 0.25) is 0 Å². The van der Waals surface area contributed by atoms with E-state index in [0.717, 1.165) is 66.8 Å². The summed E-state index contributed by atoms with van der Waals surface area (Å²) in [7, 11) is 0. The van der Waals surface area contributed by atoms with Crippen LogP contribution >= 0.6 is 0 Å². The molecule has 0 bridgehead atoms. The van der Waals surface area contributed by atoms with Gasteiger partial charge in [0.25, 0.3) is 0 Å². The highest BCUT2D eigenvalue weighted by Crippen LogP contribution is 2.42. The van der Waals surface area contributed by atoms with Gasteiger partial charge in [0.05, 0.1) is 0 Å². The number of fused-ring (bicyclic) bond motifs is 4. The van der Waals surface area contributed by atoms with Crippen LogP contribution in [-0.4, -0.2) is 0 Å². The first-order valence-electron chi connectivity index (χ1n) is 18.4. The van der Waals surface area contributed by atoms with Gasteiger partial charge in [-0.25, -0.2) is 0 Å². The molecule has 1 heterocycles. The summed E-state index contributed by atoms with van der Waals surface area (Å²) in [6.07, 6.45) is 0. The van der Waals surface area contributed by atoms with Gasteiger partial charge in [-0.05, 0) is 86.6 Å². The third-order valence-electron chi connectivity index (χ3n) is 10.5. The molecule has 0 aliphatic rings. The molecule has 0 aliphatic carbocycles. The normalized spacial score (nSPS) is 11.3. The molecule has 10 aromatic rings. The fourth-order valence-corrected chi connectivity index (χ4v) is 7.85. The zero-order valence-electron chi connectivity index (χ0n) is 29.6. The van der Waals surface area contributed by atoms with Crippen LogP contribution in [0.3, 0.4) is 0 Å². The summed E-state index contributed by atoms with van der Waals surface area (Å²) < 4.78 is 6.87. The summed E-state index contributed by atoms with van der Waals surface area (Å²) in [5, 5.41) is 4.69. The predicted molar refractivity (Wildman–Crippen MR) is 228 cm³/mol. The maximum atomic E-state index is 6.87. The number of hydrogen-bond acceptors (Lipinski definition) is 2. The zero-order chi connectivity index (χ0) is 35.8. The summed E-state index contributed by atoms with van der Waals surface area (Å²) in [4.78, 5) is 2.31. The molecule has 9 aromatic carbocycles. The van der Waals surface area contributed by atoms with E-state index >= 15 is 0 Å². The summed E-state index contributed by atoms with van der Waals surface area (Å²) in [6.45, 7) is 0. The Balaban J connectivity index is 1.01. The van der Waals surface area contributed by atoms with Crippen molar-refractivity contribution in [2.45, 2.75) is 0 Å². The van der Waals surface area contributed by atoms with E-state index in [1.54, 1.807) is 0 Å². The minimum atomic E-state index is 0.907. The van der Waals surface area contributed by atoms with Crippen LogP contribution < -0.4 is 4.90 Å². The lowest BCUT2D eigenvalue weighted by atomic mass is 9.96. The molecule has 0 saturated heterocycles. The zero-order valence-corrected chi connectivity index (χ0v) is 29.6. The lowest BCUT2D eigenvalue weighted by Crippen LogP contribution is -2.09. The summed E-state index contributed by atoms with van der Waals surface area (Å²) >= 11 is 0. The van der Waals surface area contributed by atoms with Crippen LogP contribution in [0.5, 0.6) is 0 Å². The van der Waals surface area contributed by atoms with Gasteiger partial charge in [0, 0.05) is 39.0 Å². The Morgan fingerprint density at radius 1 is 0.278 bits per heavy atom. The van der Waals surface area contributed by atoms with Crippen LogP contribution in [0.25, 0.3) is 77.2 Å². The molecule has 0 saturated carbocycles. The number of anilines is 3. The van der Waals surface area contributed by atoms with Gasteiger partial charge < -0.3 is 9.32 Å². The number of para-hydroxylation sites is 3. The largest absolute Gasteiger partial charge is 0.455 e. The smallest absolute Gasteiger partial charge is 0.143 e. The third kappa shape index (κ3) is 5.62. The molecule has 54 heavy (non-hydrogen) atoms. The van der Waals surface area contributed by atoms with Gasteiger partial charge in [0.15, 0.2) is 0 Å². The van der Waals surface area contributed by atoms with Crippen LogP contribution in [0.1, 0.15) is 0 Å². The van der Waals surface area contributed by atoms with E-state index in [1.807, 2.05) is 0 Å². The van der Waals surface area contributed by atoms with Crippen molar-refractivity contribution in [3.63, 3.8) is 0 Å². The summed E-state index contributed by atoms with van der Waals surface area (Å²) in [5.74, 6) is 0. The molecule has 254 valence electrons. The van der Waals surface area contributed by atoms with Crippen molar-refractivity contribution in [1.82, 2.24) is 0 Å². The summed E-state index contributed by atoms with van der Waals surface area (Å²) in [5.41, 5.74) is 14.4. The Labute approximate surface area is 314 Å². The molecule has 0 unspecified atom stereocenters. The average molecular weight is 690 g/mol. The first-order valence-corrected chi connectivity index (χ1v) is 18.4. The van der Waals surface area contributed by atoms with E-state index in [9.17, 15) is 0 Å². The predicted octanol–water partition coefficient (Wildman–Crippen LogP) is 14.9. The minimum absolute atomic E-state index is 0.907. The number of rotatable bonds is 7. The molecule has 0 N–H and O–H groups in total. The second-order valence-electron chi connectivity index (χ2n) is 13.7. The number of furan rings is 1. The number of benzene rings is 9. The van der Waals surface area contributed by atoms with Crippen LogP contribution in [0.2, 0.25) is 0 Å². The monoisotopic (exact) mass is 689 g/mol. The molecule has 2 nitrogen and oxygen atoms in total. The maximum Gasteiger partial charge on any atom is 0.143 e. The first-order chi connectivity index (χ1) is 26.8. The van der Waals surface area contributed by atoms with Crippen molar-refractivity contribution in [3.8, 4) is 44.5 Å². The third-order valence-corrected chi connectivity index (χ3v) is 10.5. The van der Waals surface area contributed by atoms with Crippen molar-refractivity contribution in [3.05, 3.63) is 212 Å². The van der Waals surface area contributed by atoms with Crippen LogP contribution in [0.4, 0.5) is 17.1 Å². The molecule has 0 aliphatic heterocycles. The fraction of sp³-hybridized carbons (Fsp3) is 0. The topological polar surface area (TPSA) is 16.4 Å². The highest BCUT2D eigenvalue weighted by Gasteiger charge is 2.18. The van der Waals surface area contributed by atoms with Gasteiger partial charge in [-0.2, -0.15) is 0 Å². The van der Waals surface area contributed by atoms with E-state index in [0.29, 0.717) is 0 Å². The van der Waals surface area contributed by atoms with Crippen molar-refractivity contribution in [2.24, 2.45) is 0 Å². The van der Waals surface area contributed by atoms with Crippen molar-refractivity contribution >= 4 is 49.8 Å². The van der Waals surface area contributed by atoms with Crippen LogP contribution in [0, 0.1) is 0 Å².